The molecule has 0 aliphatic heterocycles. The molecule has 0 bridgehead atoms. The van der Waals surface area contributed by atoms with Crippen LogP contribution in [0.3, 0.4) is 0 Å². The summed E-state index contributed by atoms with van der Waals surface area (Å²) in [5.74, 6) is -2.13. The molecule has 1 aromatic carbocycles. The third-order valence-electron chi connectivity index (χ3n) is 1.38. The van der Waals surface area contributed by atoms with E-state index in [2.05, 4.69) is 0 Å². The van der Waals surface area contributed by atoms with E-state index in [1.807, 2.05) is 0 Å². The van der Waals surface area contributed by atoms with Gasteiger partial charge in [0.2, 0.25) is 0 Å². The standard InChI is InChI=1S/C8H6O4.2H3N/c9-7(10)5-1-2-6(4-3-5)8(11)12;;/h1-4H,(H,9,10)(H,11,12);2*1H3. The first kappa shape index (κ1) is 14.6. The minimum atomic E-state index is -1.06. The van der Waals surface area contributed by atoms with Crippen molar-refractivity contribution in [3.05, 3.63) is 35.4 Å². The molecule has 0 saturated heterocycles. The number of rotatable bonds is 2. The van der Waals surface area contributed by atoms with E-state index in [1.165, 1.54) is 24.3 Å². The summed E-state index contributed by atoms with van der Waals surface area (Å²) in [5.41, 5.74) is 0.167. The van der Waals surface area contributed by atoms with E-state index >= 15 is 0 Å². The zero-order valence-electron chi connectivity index (χ0n) is 7.43. The summed E-state index contributed by atoms with van der Waals surface area (Å²) in [6.45, 7) is 0. The largest absolute Gasteiger partial charge is 0.478 e. The van der Waals surface area contributed by atoms with Crippen LogP contribution in [-0.2, 0) is 0 Å². The molecule has 0 atom stereocenters. The average molecular weight is 200 g/mol. The highest BCUT2D eigenvalue weighted by atomic mass is 16.4. The lowest BCUT2D eigenvalue weighted by molar-refractivity contribution is 0.0681. The molecule has 0 aliphatic rings. The first-order valence-electron chi connectivity index (χ1n) is 3.18. The van der Waals surface area contributed by atoms with Crippen molar-refractivity contribution in [3.8, 4) is 0 Å². The van der Waals surface area contributed by atoms with Crippen LogP contribution in [0.2, 0.25) is 0 Å². The van der Waals surface area contributed by atoms with Crippen molar-refractivity contribution < 1.29 is 19.8 Å². The third-order valence-corrected chi connectivity index (χ3v) is 1.38. The zero-order valence-corrected chi connectivity index (χ0v) is 7.43. The quantitative estimate of drug-likeness (QED) is 0.567. The Bertz CT molecular complexity index is 288. The summed E-state index contributed by atoms with van der Waals surface area (Å²) in [6.07, 6.45) is 0. The predicted octanol–water partition coefficient (Wildman–Crippen LogP) is 1.41. The summed E-state index contributed by atoms with van der Waals surface area (Å²) in [4.78, 5) is 20.7. The van der Waals surface area contributed by atoms with E-state index in [0.29, 0.717) is 0 Å². The number of benzene rings is 1. The van der Waals surface area contributed by atoms with Gasteiger partial charge in [-0.3, -0.25) is 0 Å². The van der Waals surface area contributed by atoms with Crippen molar-refractivity contribution in [1.82, 2.24) is 12.3 Å². The molecular weight excluding hydrogens is 188 g/mol. The molecule has 0 unspecified atom stereocenters. The van der Waals surface area contributed by atoms with Gasteiger partial charge in [0, 0.05) is 0 Å². The fourth-order valence-electron chi connectivity index (χ4n) is 0.755. The highest BCUT2D eigenvalue weighted by Gasteiger charge is 2.04. The molecule has 1 aromatic rings. The number of aromatic carboxylic acids is 2. The van der Waals surface area contributed by atoms with Gasteiger partial charge in [-0.25, -0.2) is 9.59 Å². The Kier molecular flexibility index (Phi) is 5.92. The minimum Gasteiger partial charge on any atom is -0.478 e. The fourth-order valence-corrected chi connectivity index (χ4v) is 0.755. The highest BCUT2D eigenvalue weighted by Crippen LogP contribution is 2.03. The van der Waals surface area contributed by atoms with Crippen LogP contribution in [-0.4, -0.2) is 22.2 Å². The van der Waals surface area contributed by atoms with Gasteiger partial charge < -0.3 is 22.5 Å². The molecule has 0 heterocycles. The SMILES string of the molecule is N.N.O=C(O)c1ccc(C(=O)O)cc1. The van der Waals surface area contributed by atoms with E-state index in [-0.39, 0.29) is 23.4 Å². The third kappa shape index (κ3) is 3.21. The van der Waals surface area contributed by atoms with Crippen molar-refractivity contribution in [2.45, 2.75) is 0 Å². The van der Waals surface area contributed by atoms with Crippen molar-refractivity contribution >= 4 is 11.9 Å². The van der Waals surface area contributed by atoms with E-state index in [1.54, 1.807) is 0 Å². The Hall–Kier alpha value is -1.92. The van der Waals surface area contributed by atoms with Gasteiger partial charge in [-0.1, -0.05) is 0 Å². The normalized spacial score (nSPS) is 8.00. The average Bonchev–Trinajstić information content (AvgIpc) is 2.04. The Labute approximate surface area is 80.3 Å². The van der Waals surface area contributed by atoms with E-state index in [0.717, 1.165) is 0 Å². The van der Waals surface area contributed by atoms with Gasteiger partial charge in [-0.2, -0.15) is 0 Å². The minimum absolute atomic E-state index is 0. The van der Waals surface area contributed by atoms with Crippen molar-refractivity contribution in [1.29, 1.82) is 0 Å². The second kappa shape index (κ2) is 5.68. The topological polar surface area (TPSA) is 145 Å². The van der Waals surface area contributed by atoms with E-state index in [4.69, 9.17) is 10.2 Å². The molecule has 0 fully saturated rings. The van der Waals surface area contributed by atoms with Gasteiger partial charge in [0.25, 0.3) is 0 Å². The van der Waals surface area contributed by atoms with Gasteiger partial charge in [-0.05, 0) is 24.3 Å². The summed E-state index contributed by atoms with van der Waals surface area (Å²) in [5, 5.41) is 16.9. The Morgan fingerprint density at radius 2 is 1.00 bits per heavy atom. The van der Waals surface area contributed by atoms with Gasteiger partial charge >= 0.3 is 11.9 Å². The monoisotopic (exact) mass is 200 g/mol. The van der Waals surface area contributed by atoms with Crippen LogP contribution in [0.1, 0.15) is 20.7 Å². The second-order valence-electron chi connectivity index (χ2n) is 2.19. The number of carbonyl (C=O) groups is 2. The van der Waals surface area contributed by atoms with Crippen molar-refractivity contribution in [2.75, 3.05) is 0 Å². The lowest BCUT2D eigenvalue weighted by Crippen LogP contribution is -1.99. The van der Waals surface area contributed by atoms with Crippen LogP contribution in [0, 0.1) is 0 Å². The maximum absolute atomic E-state index is 10.3. The van der Waals surface area contributed by atoms with Crippen molar-refractivity contribution in [2.24, 2.45) is 0 Å². The molecule has 0 saturated carbocycles. The van der Waals surface area contributed by atoms with Crippen molar-refractivity contribution in [3.63, 3.8) is 0 Å². The van der Waals surface area contributed by atoms with Gasteiger partial charge in [0.05, 0.1) is 11.1 Å². The maximum Gasteiger partial charge on any atom is 0.335 e. The number of hydrogen-bond donors (Lipinski definition) is 4. The molecule has 0 aliphatic carbocycles. The molecule has 6 heteroatoms. The first-order chi connectivity index (χ1) is 5.61. The first-order valence-corrected chi connectivity index (χ1v) is 3.18. The van der Waals surface area contributed by atoms with Gasteiger partial charge in [0.1, 0.15) is 0 Å². The Morgan fingerprint density at radius 1 is 0.786 bits per heavy atom. The Morgan fingerprint density at radius 3 is 1.14 bits per heavy atom. The molecule has 0 spiro atoms. The number of carboxylic acids is 2. The van der Waals surface area contributed by atoms with Gasteiger partial charge in [0.15, 0.2) is 0 Å². The summed E-state index contributed by atoms with van der Waals surface area (Å²) < 4.78 is 0. The summed E-state index contributed by atoms with van der Waals surface area (Å²) in [6, 6.07) is 5.02. The molecular formula is C8H12N2O4. The molecule has 6 nitrogen and oxygen atoms in total. The maximum atomic E-state index is 10.3. The summed E-state index contributed by atoms with van der Waals surface area (Å²) >= 11 is 0. The van der Waals surface area contributed by atoms with Crippen LogP contribution in [0.4, 0.5) is 0 Å². The fraction of sp³-hybridized carbons (Fsp3) is 0. The van der Waals surface area contributed by atoms with Crippen LogP contribution >= 0.6 is 0 Å². The molecule has 1 rings (SSSR count). The molecule has 0 amide bonds. The zero-order chi connectivity index (χ0) is 9.14. The van der Waals surface area contributed by atoms with Crippen LogP contribution in [0.25, 0.3) is 0 Å². The molecule has 8 N–H and O–H groups in total. The lowest BCUT2D eigenvalue weighted by atomic mass is 10.1. The summed E-state index contributed by atoms with van der Waals surface area (Å²) in [7, 11) is 0. The molecule has 78 valence electrons. The van der Waals surface area contributed by atoms with E-state index < -0.39 is 11.9 Å². The van der Waals surface area contributed by atoms with E-state index in [9.17, 15) is 9.59 Å². The smallest absolute Gasteiger partial charge is 0.335 e. The van der Waals surface area contributed by atoms with Crippen LogP contribution in [0.15, 0.2) is 24.3 Å². The van der Waals surface area contributed by atoms with Gasteiger partial charge in [-0.15, -0.1) is 0 Å². The highest BCUT2D eigenvalue weighted by molar-refractivity contribution is 5.91. The van der Waals surface area contributed by atoms with Crippen LogP contribution < -0.4 is 12.3 Å². The predicted molar refractivity (Wildman–Crippen MR) is 50.4 cm³/mol. The number of hydrogen-bond acceptors (Lipinski definition) is 4. The Balaban J connectivity index is 0. The number of carboxylic acid groups (broad SMARTS) is 2. The molecule has 14 heavy (non-hydrogen) atoms. The molecule has 0 radical (unpaired) electrons. The van der Waals surface area contributed by atoms with Crippen LogP contribution in [0.5, 0.6) is 0 Å². The molecule has 0 aromatic heterocycles. The second-order valence-corrected chi connectivity index (χ2v) is 2.19. The lowest BCUT2D eigenvalue weighted by Gasteiger charge is -1.94.